The van der Waals surface area contributed by atoms with Crippen molar-refractivity contribution in [2.24, 2.45) is 0 Å². The molecule has 0 radical (unpaired) electrons. The molecule has 7 heteroatoms. The fourth-order valence-electron chi connectivity index (χ4n) is 1.55. The molecule has 1 atom stereocenters. The highest BCUT2D eigenvalue weighted by atomic mass is 35.5. The fourth-order valence-corrected chi connectivity index (χ4v) is 2.33. The zero-order valence-corrected chi connectivity index (χ0v) is 12.3. The molecule has 0 aliphatic heterocycles. The first-order chi connectivity index (χ1) is 9.54. The molecule has 3 N–H and O–H groups in total. The molecule has 2 amide bonds. The van der Waals surface area contributed by atoms with Gasteiger partial charge in [0.2, 0.25) is 0 Å². The van der Waals surface area contributed by atoms with Crippen LogP contribution >= 0.6 is 22.9 Å². The Morgan fingerprint density at radius 3 is 2.75 bits per heavy atom. The average Bonchev–Trinajstić information content (AvgIpc) is 2.82. The molecule has 1 unspecified atom stereocenters. The lowest BCUT2D eigenvalue weighted by Crippen LogP contribution is -2.32. The standard InChI is InChI=1S/C13H14ClN3O2S/c1-8-6-16-13(20-8)17-12(19)15-7-11(18)9-2-4-10(14)5-3-9/h2-6,11,18H,7H2,1H3,(H2,15,16,17,19). The average molecular weight is 312 g/mol. The summed E-state index contributed by atoms with van der Waals surface area (Å²) in [6, 6.07) is 6.43. The van der Waals surface area contributed by atoms with Gasteiger partial charge in [-0.25, -0.2) is 9.78 Å². The number of amides is 2. The van der Waals surface area contributed by atoms with Crippen molar-refractivity contribution >= 4 is 34.1 Å². The molecule has 1 aromatic heterocycles. The predicted octanol–water partition coefficient (Wildman–Crippen LogP) is 2.96. The normalized spacial score (nSPS) is 11.9. The monoisotopic (exact) mass is 311 g/mol. The summed E-state index contributed by atoms with van der Waals surface area (Å²) in [5.41, 5.74) is 0.694. The van der Waals surface area contributed by atoms with Crippen LogP contribution in [0, 0.1) is 6.92 Å². The Hall–Kier alpha value is -1.63. The van der Waals surface area contributed by atoms with Gasteiger partial charge in [-0.05, 0) is 24.6 Å². The maximum atomic E-state index is 11.6. The number of aromatic nitrogens is 1. The quantitative estimate of drug-likeness (QED) is 0.812. The van der Waals surface area contributed by atoms with Gasteiger partial charge in [-0.1, -0.05) is 23.7 Å². The molecule has 0 aliphatic rings. The smallest absolute Gasteiger partial charge is 0.321 e. The number of urea groups is 1. The third kappa shape index (κ3) is 4.19. The number of benzene rings is 1. The van der Waals surface area contributed by atoms with E-state index < -0.39 is 12.1 Å². The van der Waals surface area contributed by atoms with Crippen molar-refractivity contribution in [2.45, 2.75) is 13.0 Å². The van der Waals surface area contributed by atoms with Crippen molar-refractivity contribution in [3.63, 3.8) is 0 Å². The third-order valence-electron chi connectivity index (χ3n) is 2.55. The SMILES string of the molecule is Cc1cnc(NC(=O)NCC(O)c2ccc(Cl)cc2)s1. The van der Waals surface area contributed by atoms with Crippen LogP contribution in [0.1, 0.15) is 16.5 Å². The number of hydrogen-bond donors (Lipinski definition) is 3. The number of aliphatic hydroxyl groups excluding tert-OH is 1. The van der Waals surface area contributed by atoms with E-state index in [-0.39, 0.29) is 6.54 Å². The zero-order valence-electron chi connectivity index (χ0n) is 10.8. The number of nitrogens with zero attached hydrogens (tertiary/aromatic N) is 1. The third-order valence-corrected chi connectivity index (χ3v) is 3.63. The Kier molecular flexibility index (Phi) is 4.94. The van der Waals surface area contributed by atoms with E-state index in [9.17, 15) is 9.90 Å². The molecule has 0 fully saturated rings. The maximum Gasteiger partial charge on any atom is 0.321 e. The van der Waals surface area contributed by atoms with Gasteiger partial charge in [-0.2, -0.15) is 0 Å². The van der Waals surface area contributed by atoms with E-state index >= 15 is 0 Å². The van der Waals surface area contributed by atoms with E-state index in [1.165, 1.54) is 11.3 Å². The van der Waals surface area contributed by atoms with Crippen LogP contribution in [0.25, 0.3) is 0 Å². The minimum atomic E-state index is -0.781. The van der Waals surface area contributed by atoms with E-state index in [0.717, 1.165) is 4.88 Å². The molecule has 0 bridgehead atoms. The molecule has 0 saturated carbocycles. The minimum absolute atomic E-state index is 0.109. The second kappa shape index (κ2) is 6.69. The Morgan fingerprint density at radius 2 is 2.15 bits per heavy atom. The first-order valence-corrected chi connectivity index (χ1v) is 7.15. The van der Waals surface area contributed by atoms with Crippen molar-refractivity contribution in [1.29, 1.82) is 0 Å². The molecule has 0 aliphatic carbocycles. The minimum Gasteiger partial charge on any atom is -0.387 e. The van der Waals surface area contributed by atoms with Gasteiger partial charge in [0.15, 0.2) is 5.13 Å². The molecule has 106 valence electrons. The van der Waals surface area contributed by atoms with E-state index in [2.05, 4.69) is 15.6 Å². The number of carbonyl (C=O) groups is 1. The van der Waals surface area contributed by atoms with E-state index in [1.54, 1.807) is 30.5 Å². The predicted molar refractivity (Wildman–Crippen MR) is 80.3 cm³/mol. The highest BCUT2D eigenvalue weighted by Crippen LogP contribution is 2.17. The zero-order chi connectivity index (χ0) is 14.5. The van der Waals surface area contributed by atoms with E-state index in [0.29, 0.717) is 15.7 Å². The number of halogens is 1. The van der Waals surface area contributed by atoms with Crippen molar-refractivity contribution in [1.82, 2.24) is 10.3 Å². The van der Waals surface area contributed by atoms with Crippen LogP contribution in [-0.2, 0) is 0 Å². The summed E-state index contributed by atoms with van der Waals surface area (Å²) in [5.74, 6) is 0. The van der Waals surface area contributed by atoms with Crippen LogP contribution < -0.4 is 10.6 Å². The van der Waals surface area contributed by atoms with Gasteiger partial charge in [-0.3, -0.25) is 5.32 Å². The van der Waals surface area contributed by atoms with Crippen molar-refractivity contribution in [3.05, 3.63) is 45.9 Å². The topological polar surface area (TPSA) is 74.2 Å². The van der Waals surface area contributed by atoms with Gasteiger partial charge in [0.1, 0.15) is 0 Å². The van der Waals surface area contributed by atoms with Crippen LogP contribution in [0.15, 0.2) is 30.5 Å². The number of nitrogens with one attached hydrogen (secondary N) is 2. The summed E-state index contributed by atoms with van der Waals surface area (Å²) in [5, 5.41) is 16.3. The first-order valence-electron chi connectivity index (χ1n) is 5.95. The fraction of sp³-hybridized carbons (Fsp3) is 0.231. The number of aliphatic hydroxyl groups is 1. The van der Waals surface area contributed by atoms with Crippen LogP contribution in [0.5, 0.6) is 0 Å². The number of aryl methyl sites for hydroxylation is 1. The van der Waals surface area contributed by atoms with E-state index in [4.69, 9.17) is 11.6 Å². The van der Waals surface area contributed by atoms with Crippen LogP contribution in [0.3, 0.4) is 0 Å². The molecular formula is C13H14ClN3O2S. The molecule has 0 spiro atoms. The lowest BCUT2D eigenvalue weighted by Gasteiger charge is -2.12. The molecule has 1 heterocycles. The number of anilines is 1. The van der Waals surface area contributed by atoms with Gasteiger partial charge in [0.05, 0.1) is 6.10 Å². The molecule has 2 rings (SSSR count). The van der Waals surface area contributed by atoms with Crippen molar-refractivity contribution in [2.75, 3.05) is 11.9 Å². The summed E-state index contributed by atoms with van der Waals surface area (Å²) >= 11 is 7.16. The van der Waals surface area contributed by atoms with Gasteiger partial charge in [0, 0.05) is 22.6 Å². The molecule has 5 nitrogen and oxygen atoms in total. The second-order valence-electron chi connectivity index (χ2n) is 4.18. The Bertz CT molecular complexity index is 586. The maximum absolute atomic E-state index is 11.6. The molecule has 0 saturated heterocycles. The first kappa shape index (κ1) is 14.8. The Morgan fingerprint density at radius 1 is 1.45 bits per heavy atom. The molecule has 1 aromatic carbocycles. The largest absolute Gasteiger partial charge is 0.387 e. The summed E-state index contributed by atoms with van der Waals surface area (Å²) < 4.78 is 0. The molecule has 20 heavy (non-hydrogen) atoms. The second-order valence-corrected chi connectivity index (χ2v) is 5.85. The summed E-state index contributed by atoms with van der Waals surface area (Å²) in [6.07, 6.45) is 0.902. The van der Waals surface area contributed by atoms with Gasteiger partial charge >= 0.3 is 6.03 Å². The Labute approximate surface area is 125 Å². The summed E-state index contributed by atoms with van der Waals surface area (Å²) in [6.45, 7) is 2.02. The van der Waals surface area contributed by atoms with E-state index in [1.807, 2.05) is 6.92 Å². The number of thiazole rings is 1. The van der Waals surface area contributed by atoms with Gasteiger partial charge in [-0.15, -0.1) is 11.3 Å². The number of rotatable bonds is 4. The van der Waals surface area contributed by atoms with Crippen molar-refractivity contribution < 1.29 is 9.90 Å². The highest BCUT2D eigenvalue weighted by molar-refractivity contribution is 7.15. The van der Waals surface area contributed by atoms with Crippen LogP contribution in [-0.4, -0.2) is 22.7 Å². The lowest BCUT2D eigenvalue weighted by molar-refractivity contribution is 0.175. The van der Waals surface area contributed by atoms with Gasteiger partial charge < -0.3 is 10.4 Å². The lowest BCUT2D eigenvalue weighted by atomic mass is 10.1. The number of hydrogen-bond acceptors (Lipinski definition) is 4. The summed E-state index contributed by atoms with van der Waals surface area (Å²) in [4.78, 5) is 16.7. The highest BCUT2D eigenvalue weighted by Gasteiger charge is 2.10. The number of carbonyl (C=O) groups excluding carboxylic acids is 1. The molecule has 2 aromatic rings. The summed E-state index contributed by atoms with van der Waals surface area (Å²) in [7, 11) is 0. The van der Waals surface area contributed by atoms with Crippen LogP contribution in [0.2, 0.25) is 5.02 Å². The molecular weight excluding hydrogens is 298 g/mol. The Balaban J connectivity index is 1.82. The van der Waals surface area contributed by atoms with Crippen molar-refractivity contribution in [3.8, 4) is 0 Å². The van der Waals surface area contributed by atoms with Crippen LogP contribution in [0.4, 0.5) is 9.93 Å². The van der Waals surface area contributed by atoms with Gasteiger partial charge in [0.25, 0.3) is 0 Å².